The summed E-state index contributed by atoms with van der Waals surface area (Å²) in [5, 5.41) is 21.7. The van der Waals surface area contributed by atoms with Crippen LogP contribution in [0.4, 0.5) is 4.79 Å². The van der Waals surface area contributed by atoms with E-state index in [0.717, 1.165) is 11.1 Å². The van der Waals surface area contributed by atoms with Gasteiger partial charge in [0.25, 0.3) is 5.91 Å². The quantitative estimate of drug-likeness (QED) is 0.206. The maximum Gasteiger partial charge on any atom is 0.408 e. The number of rotatable bonds is 15. The molecule has 2 N–H and O–H groups in total. The first-order chi connectivity index (χ1) is 20.0. The molecule has 0 aliphatic heterocycles. The highest BCUT2D eigenvalue weighted by molar-refractivity contribution is 5.94. The maximum absolute atomic E-state index is 13.1. The molecule has 0 saturated carbocycles. The van der Waals surface area contributed by atoms with Crippen molar-refractivity contribution in [1.82, 2.24) is 10.2 Å². The number of carbonyl (C=O) groups excluding carboxylic acids is 3. The number of unbranched alkanes of at least 4 members (excludes halogenated alkanes) is 1. The van der Waals surface area contributed by atoms with E-state index in [-0.39, 0.29) is 38.5 Å². The standard InChI is InChI=1S/C32H35N3O6/c33-20-19-28(36)22-35(30(37)27-16-8-3-9-17-27)21-11-10-18-29(31(38)40-23-25-12-4-1-5-13-25)34-32(39)41-24-26-14-6-2-7-15-26/h1-9,12-17,28-29,36H,10-11,18-19,21-24H2,(H,34,39)/t28-,29+/m1/s1. The third-order valence-electron chi connectivity index (χ3n) is 6.25. The highest BCUT2D eigenvalue weighted by atomic mass is 16.6. The van der Waals surface area contributed by atoms with Gasteiger partial charge in [0.15, 0.2) is 0 Å². The lowest BCUT2D eigenvalue weighted by molar-refractivity contribution is -0.147. The summed E-state index contributed by atoms with van der Waals surface area (Å²) in [6, 6.07) is 28.1. The van der Waals surface area contributed by atoms with Gasteiger partial charge in [0.05, 0.1) is 18.6 Å². The van der Waals surface area contributed by atoms with E-state index < -0.39 is 24.2 Å². The van der Waals surface area contributed by atoms with Crippen molar-refractivity contribution >= 4 is 18.0 Å². The number of hydrogen-bond donors (Lipinski definition) is 2. The van der Waals surface area contributed by atoms with Gasteiger partial charge in [-0.15, -0.1) is 0 Å². The highest BCUT2D eigenvalue weighted by Gasteiger charge is 2.24. The number of carbonyl (C=O) groups is 3. The molecular formula is C32H35N3O6. The lowest BCUT2D eigenvalue weighted by Gasteiger charge is -2.25. The number of benzene rings is 3. The average molecular weight is 558 g/mol. The second-order valence-electron chi connectivity index (χ2n) is 9.48. The predicted molar refractivity (Wildman–Crippen MR) is 152 cm³/mol. The Morgan fingerprint density at radius 1 is 0.829 bits per heavy atom. The number of amides is 2. The molecule has 41 heavy (non-hydrogen) atoms. The molecule has 3 aromatic carbocycles. The summed E-state index contributed by atoms with van der Waals surface area (Å²) in [7, 11) is 0. The Kier molecular flexibility index (Phi) is 12.9. The lowest BCUT2D eigenvalue weighted by Crippen LogP contribution is -2.42. The molecule has 0 radical (unpaired) electrons. The highest BCUT2D eigenvalue weighted by Crippen LogP contribution is 2.12. The van der Waals surface area contributed by atoms with E-state index in [9.17, 15) is 19.5 Å². The Hall–Kier alpha value is -4.68. The Morgan fingerprint density at radius 3 is 1.98 bits per heavy atom. The summed E-state index contributed by atoms with van der Waals surface area (Å²) < 4.78 is 10.8. The lowest BCUT2D eigenvalue weighted by atomic mass is 10.1. The topological polar surface area (TPSA) is 129 Å². The van der Waals surface area contributed by atoms with Crippen LogP contribution in [-0.2, 0) is 27.5 Å². The minimum absolute atomic E-state index is 0.00783. The molecule has 2 atom stereocenters. The fourth-order valence-corrected chi connectivity index (χ4v) is 4.10. The van der Waals surface area contributed by atoms with E-state index >= 15 is 0 Å². The number of hydrogen-bond acceptors (Lipinski definition) is 7. The molecule has 0 unspecified atom stereocenters. The Bertz CT molecular complexity index is 1260. The smallest absolute Gasteiger partial charge is 0.408 e. The van der Waals surface area contributed by atoms with E-state index in [1.165, 1.54) is 4.90 Å². The molecule has 3 aromatic rings. The summed E-state index contributed by atoms with van der Waals surface area (Å²) in [5.74, 6) is -0.851. The molecule has 0 aliphatic carbocycles. The average Bonchev–Trinajstić information content (AvgIpc) is 3.01. The first-order valence-electron chi connectivity index (χ1n) is 13.5. The fraction of sp³-hybridized carbons (Fsp3) is 0.312. The predicted octanol–water partition coefficient (Wildman–Crippen LogP) is 4.61. The molecule has 2 amide bonds. The van der Waals surface area contributed by atoms with Gasteiger partial charge in [-0.3, -0.25) is 4.79 Å². The minimum atomic E-state index is -0.977. The zero-order valence-corrected chi connectivity index (χ0v) is 22.9. The fourth-order valence-electron chi connectivity index (χ4n) is 4.10. The van der Waals surface area contributed by atoms with Gasteiger partial charge in [0.2, 0.25) is 0 Å². The molecule has 214 valence electrons. The van der Waals surface area contributed by atoms with Crippen LogP contribution < -0.4 is 5.32 Å². The van der Waals surface area contributed by atoms with Gasteiger partial charge in [-0.05, 0) is 42.5 Å². The molecule has 0 heterocycles. The van der Waals surface area contributed by atoms with Crippen LogP contribution in [-0.4, -0.2) is 53.2 Å². The first-order valence-corrected chi connectivity index (χ1v) is 13.5. The van der Waals surface area contributed by atoms with Crippen LogP contribution >= 0.6 is 0 Å². The summed E-state index contributed by atoms with van der Waals surface area (Å²) in [4.78, 5) is 40.0. The van der Waals surface area contributed by atoms with Gasteiger partial charge in [0.1, 0.15) is 19.3 Å². The Morgan fingerprint density at radius 2 is 1.39 bits per heavy atom. The van der Waals surface area contributed by atoms with E-state index in [1.54, 1.807) is 30.3 Å². The van der Waals surface area contributed by atoms with Crippen LogP contribution in [0.3, 0.4) is 0 Å². The van der Waals surface area contributed by atoms with Gasteiger partial charge < -0.3 is 24.8 Å². The molecule has 0 saturated heterocycles. The van der Waals surface area contributed by atoms with Gasteiger partial charge in [-0.1, -0.05) is 78.9 Å². The number of aliphatic hydroxyl groups excluding tert-OH is 1. The molecular weight excluding hydrogens is 522 g/mol. The zero-order valence-electron chi connectivity index (χ0n) is 22.9. The van der Waals surface area contributed by atoms with E-state index in [2.05, 4.69) is 5.32 Å². The zero-order chi connectivity index (χ0) is 29.3. The second-order valence-corrected chi connectivity index (χ2v) is 9.48. The van der Waals surface area contributed by atoms with E-state index in [1.807, 2.05) is 66.7 Å². The summed E-state index contributed by atoms with van der Waals surface area (Å²) >= 11 is 0. The monoisotopic (exact) mass is 557 g/mol. The normalized spacial score (nSPS) is 11.9. The molecule has 9 nitrogen and oxygen atoms in total. The molecule has 3 rings (SSSR count). The van der Waals surface area contributed by atoms with Crippen molar-refractivity contribution in [2.45, 2.75) is 51.0 Å². The van der Waals surface area contributed by atoms with Crippen LogP contribution in [0.25, 0.3) is 0 Å². The maximum atomic E-state index is 13.1. The molecule has 0 aliphatic rings. The van der Waals surface area contributed by atoms with E-state index in [0.29, 0.717) is 24.9 Å². The molecule has 0 aromatic heterocycles. The van der Waals surface area contributed by atoms with Gasteiger partial charge in [0, 0.05) is 18.7 Å². The van der Waals surface area contributed by atoms with Crippen LogP contribution in [0, 0.1) is 11.3 Å². The summed E-state index contributed by atoms with van der Waals surface area (Å²) in [6.07, 6.45) is -0.603. The number of esters is 1. The number of nitrogens with one attached hydrogen (secondary N) is 1. The number of alkyl carbamates (subject to hydrolysis) is 1. The van der Waals surface area contributed by atoms with Crippen molar-refractivity contribution in [3.8, 4) is 6.07 Å². The van der Waals surface area contributed by atoms with Crippen LogP contribution in [0.15, 0.2) is 91.0 Å². The second kappa shape index (κ2) is 17.1. The third kappa shape index (κ3) is 11.1. The third-order valence-corrected chi connectivity index (χ3v) is 6.25. The van der Waals surface area contributed by atoms with Gasteiger partial charge >= 0.3 is 12.1 Å². The van der Waals surface area contributed by atoms with Gasteiger partial charge in [-0.2, -0.15) is 5.26 Å². The molecule has 0 fully saturated rings. The largest absolute Gasteiger partial charge is 0.459 e. The van der Waals surface area contributed by atoms with Crippen molar-refractivity contribution in [3.05, 3.63) is 108 Å². The van der Waals surface area contributed by atoms with Crippen molar-refractivity contribution in [1.29, 1.82) is 5.26 Å². The number of nitrogens with zero attached hydrogens (tertiary/aromatic N) is 2. The number of nitriles is 1. The van der Waals surface area contributed by atoms with Crippen LogP contribution in [0.2, 0.25) is 0 Å². The Balaban J connectivity index is 1.59. The van der Waals surface area contributed by atoms with Crippen LogP contribution in [0.5, 0.6) is 0 Å². The number of aliphatic hydroxyl groups is 1. The van der Waals surface area contributed by atoms with Crippen molar-refractivity contribution < 1.29 is 29.0 Å². The van der Waals surface area contributed by atoms with Crippen molar-refractivity contribution in [2.75, 3.05) is 13.1 Å². The van der Waals surface area contributed by atoms with E-state index in [4.69, 9.17) is 14.7 Å². The van der Waals surface area contributed by atoms with Crippen molar-refractivity contribution in [3.63, 3.8) is 0 Å². The van der Waals surface area contributed by atoms with Crippen molar-refractivity contribution in [2.24, 2.45) is 0 Å². The summed E-state index contributed by atoms with van der Waals surface area (Å²) in [6.45, 7) is 0.418. The first kappa shape index (κ1) is 30.9. The van der Waals surface area contributed by atoms with Crippen LogP contribution in [0.1, 0.15) is 47.2 Å². The molecule has 9 heteroatoms. The Labute approximate surface area is 240 Å². The SMILES string of the molecule is N#CC[C@@H](O)CN(CCCC[C@H](NC(=O)OCc1ccccc1)C(=O)OCc1ccccc1)C(=O)c1ccccc1. The molecule has 0 bridgehead atoms. The van der Waals surface area contributed by atoms with Gasteiger partial charge in [-0.25, -0.2) is 9.59 Å². The molecule has 0 spiro atoms. The minimum Gasteiger partial charge on any atom is -0.459 e. The summed E-state index contributed by atoms with van der Waals surface area (Å²) in [5.41, 5.74) is 2.10. The number of ether oxygens (including phenoxy) is 2.